The van der Waals surface area contributed by atoms with Gasteiger partial charge in [0.1, 0.15) is 18.1 Å². The molecule has 2 aromatic rings. The Balaban J connectivity index is 2.03. The molecule has 2 N–H and O–H groups in total. The summed E-state index contributed by atoms with van der Waals surface area (Å²) in [5.74, 6) is 2.46. The molecule has 28 heavy (non-hydrogen) atoms. The Bertz CT molecular complexity index is 762. The number of hydrogen-bond acceptors (Lipinski definition) is 4. The third-order valence-electron chi connectivity index (χ3n) is 4.11. The van der Waals surface area contributed by atoms with E-state index < -0.39 is 0 Å². The van der Waals surface area contributed by atoms with E-state index in [0.717, 1.165) is 40.7 Å². The minimum Gasteiger partial charge on any atom is -0.497 e. The fourth-order valence-electron chi connectivity index (χ4n) is 2.64. The molecule has 2 rings (SSSR count). The second kappa shape index (κ2) is 11.9. The van der Waals surface area contributed by atoms with Gasteiger partial charge >= 0.3 is 0 Å². The van der Waals surface area contributed by atoms with E-state index in [2.05, 4.69) is 34.7 Å². The molecule has 0 saturated heterocycles. The molecular weight excluding hydrogens is 354 g/mol. The van der Waals surface area contributed by atoms with Crippen LogP contribution in [0.4, 0.5) is 0 Å². The van der Waals surface area contributed by atoms with E-state index in [-0.39, 0.29) is 0 Å². The third kappa shape index (κ3) is 7.12. The van der Waals surface area contributed by atoms with E-state index in [1.807, 2.05) is 37.3 Å². The third-order valence-corrected chi connectivity index (χ3v) is 4.11. The number of methoxy groups -OCH3 is 2. The second-order valence-corrected chi connectivity index (χ2v) is 6.35. The molecule has 0 saturated carbocycles. The van der Waals surface area contributed by atoms with Crippen molar-refractivity contribution in [2.75, 3.05) is 34.0 Å². The normalized spacial score (nSPS) is 11.2. The maximum Gasteiger partial charge on any atom is 0.191 e. The molecule has 0 aliphatic rings. The minimum absolute atomic E-state index is 0.525. The first-order chi connectivity index (χ1) is 13.7. The summed E-state index contributed by atoms with van der Waals surface area (Å²) in [6.07, 6.45) is 0. The van der Waals surface area contributed by atoms with Gasteiger partial charge in [-0.3, -0.25) is 0 Å². The van der Waals surface area contributed by atoms with Crippen LogP contribution in [-0.4, -0.2) is 39.9 Å². The van der Waals surface area contributed by atoms with Gasteiger partial charge in [0.25, 0.3) is 0 Å². The molecule has 0 spiro atoms. The van der Waals surface area contributed by atoms with Crippen molar-refractivity contribution in [2.24, 2.45) is 4.99 Å². The highest BCUT2D eigenvalue weighted by Crippen LogP contribution is 2.20. The molecule has 6 heteroatoms. The molecule has 0 heterocycles. The molecule has 0 bridgehead atoms. The van der Waals surface area contributed by atoms with Crippen molar-refractivity contribution >= 4 is 5.96 Å². The highest BCUT2D eigenvalue weighted by molar-refractivity contribution is 5.79. The van der Waals surface area contributed by atoms with E-state index in [1.54, 1.807) is 14.2 Å². The van der Waals surface area contributed by atoms with E-state index in [4.69, 9.17) is 14.2 Å². The van der Waals surface area contributed by atoms with Gasteiger partial charge in [0, 0.05) is 25.8 Å². The van der Waals surface area contributed by atoms with E-state index >= 15 is 0 Å². The van der Waals surface area contributed by atoms with Gasteiger partial charge in [0.2, 0.25) is 0 Å². The van der Waals surface area contributed by atoms with E-state index in [9.17, 15) is 0 Å². The Labute approximate surface area is 167 Å². The summed E-state index contributed by atoms with van der Waals surface area (Å²) in [6.45, 7) is 7.16. The fraction of sp³-hybridized carbons (Fsp3) is 0.409. The Kier molecular flexibility index (Phi) is 9.15. The first-order valence-corrected chi connectivity index (χ1v) is 9.52. The monoisotopic (exact) mass is 385 g/mol. The van der Waals surface area contributed by atoms with Crippen LogP contribution in [0.25, 0.3) is 0 Å². The zero-order valence-corrected chi connectivity index (χ0v) is 17.2. The van der Waals surface area contributed by atoms with Crippen molar-refractivity contribution in [1.82, 2.24) is 10.6 Å². The molecule has 0 radical (unpaired) electrons. The van der Waals surface area contributed by atoms with Crippen molar-refractivity contribution in [2.45, 2.75) is 26.9 Å². The quantitative estimate of drug-likeness (QED) is 0.373. The largest absolute Gasteiger partial charge is 0.497 e. The average Bonchev–Trinajstić information content (AvgIpc) is 2.71. The number of rotatable bonds is 10. The lowest BCUT2D eigenvalue weighted by Crippen LogP contribution is -2.36. The standard InChI is InChI=1S/C22H31N3O3/c1-5-23-22(24-15-18-7-6-8-20(14-18)27-4)25-16-19-10-9-17(2)13-21(19)28-12-11-26-3/h6-10,13-14H,5,11-12,15-16H2,1-4H3,(H2,23,24,25). The SMILES string of the molecule is CCNC(=NCc1cccc(OC)c1)NCc1ccc(C)cc1OCCOC. The highest BCUT2D eigenvalue weighted by Gasteiger charge is 2.06. The van der Waals surface area contributed by atoms with Crippen LogP contribution < -0.4 is 20.1 Å². The van der Waals surface area contributed by atoms with Gasteiger partial charge < -0.3 is 24.8 Å². The molecule has 2 aromatic carbocycles. The van der Waals surface area contributed by atoms with E-state index in [0.29, 0.717) is 26.3 Å². The first kappa shape index (κ1) is 21.6. The summed E-state index contributed by atoms with van der Waals surface area (Å²) in [5.41, 5.74) is 3.33. The Morgan fingerprint density at radius 2 is 1.89 bits per heavy atom. The van der Waals surface area contributed by atoms with Gasteiger partial charge in [-0.15, -0.1) is 0 Å². The molecule has 0 aromatic heterocycles. The number of aryl methyl sites for hydroxylation is 1. The summed E-state index contributed by atoms with van der Waals surface area (Å²) < 4.78 is 16.2. The topological polar surface area (TPSA) is 64.1 Å². The van der Waals surface area contributed by atoms with Crippen molar-refractivity contribution < 1.29 is 14.2 Å². The van der Waals surface area contributed by atoms with Crippen LogP contribution in [-0.2, 0) is 17.8 Å². The molecular formula is C22H31N3O3. The second-order valence-electron chi connectivity index (χ2n) is 6.35. The van der Waals surface area contributed by atoms with Crippen molar-refractivity contribution in [3.63, 3.8) is 0 Å². The minimum atomic E-state index is 0.525. The number of nitrogens with one attached hydrogen (secondary N) is 2. The predicted octanol–water partition coefficient (Wildman–Crippen LogP) is 3.28. The molecule has 0 amide bonds. The van der Waals surface area contributed by atoms with Crippen LogP contribution >= 0.6 is 0 Å². The molecule has 152 valence electrons. The zero-order chi connectivity index (χ0) is 20.2. The molecule has 6 nitrogen and oxygen atoms in total. The molecule has 0 aliphatic heterocycles. The van der Waals surface area contributed by atoms with Crippen LogP contribution in [0.5, 0.6) is 11.5 Å². The van der Waals surface area contributed by atoms with Crippen molar-refractivity contribution in [3.05, 3.63) is 59.2 Å². The van der Waals surface area contributed by atoms with E-state index in [1.165, 1.54) is 0 Å². The van der Waals surface area contributed by atoms with Crippen LogP contribution in [0.3, 0.4) is 0 Å². The van der Waals surface area contributed by atoms with Gasteiger partial charge in [-0.1, -0.05) is 24.3 Å². The smallest absolute Gasteiger partial charge is 0.191 e. The fourth-order valence-corrected chi connectivity index (χ4v) is 2.64. The number of nitrogens with zero attached hydrogens (tertiary/aromatic N) is 1. The van der Waals surface area contributed by atoms with Gasteiger partial charge in [-0.05, 0) is 43.2 Å². The van der Waals surface area contributed by atoms with Gasteiger partial charge in [0.05, 0.1) is 20.3 Å². The predicted molar refractivity (Wildman–Crippen MR) is 113 cm³/mol. The van der Waals surface area contributed by atoms with Crippen LogP contribution in [0, 0.1) is 6.92 Å². The number of ether oxygens (including phenoxy) is 3. The van der Waals surface area contributed by atoms with Gasteiger partial charge in [-0.25, -0.2) is 4.99 Å². The zero-order valence-electron chi connectivity index (χ0n) is 17.2. The molecule has 0 aliphatic carbocycles. The van der Waals surface area contributed by atoms with Crippen LogP contribution in [0.2, 0.25) is 0 Å². The lowest BCUT2D eigenvalue weighted by Gasteiger charge is -2.15. The summed E-state index contributed by atoms with van der Waals surface area (Å²) in [5, 5.41) is 6.66. The Morgan fingerprint density at radius 1 is 1.04 bits per heavy atom. The summed E-state index contributed by atoms with van der Waals surface area (Å²) >= 11 is 0. The summed E-state index contributed by atoms with van der Waals surface area (Å²) in [7, 11) is 3.34. The maximum atomic E-state index is 5.87. The first-order valence-electron chi connectivity index (χ1n) is 9.52. The highest BCUT2D eigenvalue weighted by atomic mass is 16.5. The van der Waals surface area contributed by atoms with Gasteiger partial charge in [0.15, 0.2) is 5.96 Å². The lowest BCUT2D eigenvalue weighted by molar-refractivity contribution is 0.145. The number of hydrogen-bond donors (Lipinski definition) is 2. The van der Waals surface area contributed by atoms with Crippen molar-refractivity contribution in [1.29, 1.82) is 0 Å². The van der Waals surface area contributed by atoms with Crippen LogP contribution in [0.1, 0.15) is 23.6 Å². The molecule has 0 fully saturated rings. The number of benzene rings is 2. The van der Waals surface area contributed by atoms with Crippen LogP contribution in [0.15, 0.2) is 47.5 Å². The van der Waals surface area contributed by atoms with Gasteiger partial charge in [-0.2, -0.15) is 0 Å². The van der Waals surface area contributed by atoms with Crippen molar-refractivity contribution in [3.8, 4) is 11.5 Å². The molecule has 0 atom stereocenters. The summed E-state index contributed by atoms with van der Waals surface area (Å²) in [6, 6.07) is 14.1. The average molecular weight is 386 g/mol. The number of aliphatic imine (C=N–C) groups is 1. The maximum absolute atomic E-state index is 5.87. The Hall–Kier alpha value is -2.73. The lowest BCUT2D eigenvalue weighted by atomic mass is 10.1. The Morgan fingerprint density at radius 3 is 2.64 bits per heavy atom. The molecule has 0 unspecified atom stereocenters. The summed E-state index contributed by atoms with van der Waals surface area (Å²) in [4.78, 5) is 4.67. The number of guanidine groups is 1.